The van der Waals surface area contributed by atoms with Crippen molar-refractivity contribution in [2.45, 2.75) is 65.6 Å². The summed E-state index contributed by atoms with van der Waals surface area (Å²) in [5.74, 6) is -0.0179. The van der Waals surface area contributed by atoms with Gasteiger partial charge in [-0.05, 0) is 59.2 Å². The van der Waals surface area contributed by atoms with E-state index in [0.29, 0.717) is 6.42 Å². The molecule has 0 saturated heterocycles. The Morgan fingerprint density at radius 1 is 1.29 bits per heavy atom. The number of carbonyl (C=O) groups excluding carboxylic acids is 2. The van der Waals surface area contributed by atoms with Gasteiger partial charge >= 0.3 is 6.09 Å². The number of aryl methyl sites for hydroxylation is 1. The van der Waals surface area contributed by atoms with Crippen LogP contribution >= 0.6 is 0 Å². The van der Waals surface area contributed by atoms with E-state index in [0.717, 1.165) is 22.6 Å². The van der Waals surface area contributed by atoms with Crippen LogP contribution < -0.4 is 10.2 Å². The fourth-order valence-electron chi connectivity index (χ4n) is 3.64. The minimum absolute atomic E-state index is 0.0179. The monoisotopic (exact) mass is 384 g/mol. The van der Waals surface area contributed by atoms with E-state index in [1.165, 1.54) is 0 Å². The van der Waals surface area contributed by atoms with E-state index in [4.69, 9.17) is 4.74 Å². The molecule has 1 aromatic carbocycles. The van der Waals surface area contributed by atoms with Gasteiger partial charge in [-0.15, -0.1) is 0 Å². The predicted octanol–water partition coefficient (Wildman–Crippen LogP) is 3.89. The lowest BCUT2D eigenvalue weighted by atomic mass is 9.91. The highest BCUT2D eigenvalue weighted by molar-refractivity contribution is 5.94. The maximum absolute atomic E-state index is 12.4. The molecule has 1 aliphatic rings. The summed E-state index contributed by atoms with van der Waals surface area (Å²) in [6.45, 7) is 11.0. The first-order chi connectivity index (χ1) is 13.0. The maximum atomic E-state index is 12.4. The van der Waals surface area contributed by atoms with Crippen LogP contribution in [0.5, 0.6) is 0 Å². The van der Waals surface area contributed by atoms with E-state index in [9.17, 15) is 9.59 Å². The second kappa shape index (κ2) is 7.30. The van der Waals surface area contributed by atoms with Gasteiger partial charge in [-0.3, -0.25) is 4.79 Å². The summed E-state index contributed by atoms with van der Waals surface area (Å²) in [5.41, 5.74) is 2.97. The van der Waals surface area contributed by atoms with Crippen molar-refractivity contribution < 1.29 is 14.3 Å². The standard InChI is InChI=1S/C21H28N4O3/c1-13-11-24(12-22-13)16-7-8-19-17(10-16)18(9-14(2)25(19)15(3)26)23-20(27)28-21(4,5)6/h7-8,10-12,14,18H,9H2,1-6H3,(H,23,27)/t14-,18+/m0/s1. The third-order valence-electron chi connectivity index (χ3n) is 4.70. The topological polar surface area (TPSA) is 76.5 Å². The zero-order chi connectivity index (χ0) is 20.6. The van der Waals surface area contributed by atoms with Crippen molar-refractivity contribution in [2.24, 2.45) is 0 Å². The fourth-order valence-corrected chi connectivity index (χ4v) is 3.64. The molecule has 7 nitrogen and oxygen atoms in total. The van der Waals surface area contributed by atoms with Crippen LogP contribution in [0.4, 0.5) is 10.5 Å². The highest BCUT2D eigenvalue weighted by Crippen LogP contribution is 2.38. The highest BCUT2D eigenvalue weighted by Gasteiger charge is 2.34. The number of hydrogen-bond acceptors (Lipinski definition) is 4. The SMILES string of the molecule is CC(=O)N1c2ccc(-n3cnc(C)c3)cc2[C@H](NC(=O)OC(C)(C)C)C[C@@H]1C. The van der Waals surface area contributed by atoms with Crippen LogP contribution in [0.25, 0.3) is 5.69 Å². The summed E-state index contributed by atoms with van der Waals surface area (Å²) in [7, 11) is 0. The van der Waals surface area contributed by atoms with Crippen LogP contribution in [-0.4, -0.2) is 33.2 Å². The predicted molar refractivity (Wildman–Crippen MR) is 108 cm³/mol. The second-order valence-corrected chi connectivity index (χ2v) is 8.34. The number of benzene rings is 1. The molecule has 0 fully saturated rings. The number of carbonyl (C=O) groups is 2. The van der Waals surface area contributed by atoms with Crippen molar-refractivity contribution in [3.8, 4) is 5.69 Å². The van der Waals surface area contributed by atoms with Gasteiger partial charge in [0.1, 0.15) is 5.60 Å². The van der Waals surface area contributed by atoms with Crippen molar-refractivity contribution in [3.05, 3.63) is 42.0 Å². The molecule has 0 aliphatic carbocycles. The van der Waals surface area contributed by atoms with Crippen molar-refractivity contribution in [1.29, 1.82) is 0 Å². The summed E-state index contributed by atoms with van der Waals surface area (Å²) in [4.78, 5) is 30.7. The average Bonchev–Trinajstić information content (AvgIpc) is 2.98. The lowest BCUT2D eigenvalue weighted by Crippen LogP contribution is -2.46. The molecule has 0 spiro atoms. The van der Waals surface area contributed by atoms with Gasteiger partial charge in [0.25, 0.3) is 0 Å². The Bertz CT molecular complexity index is 897. The number of amides is 2. The first-order valence-corrected chi connectivity index (χ1v) is 9.49. The molecular weight excluding hydrogens is 356 g/mol. The second-order valence-electron chi connectivity index (χ2n) is 8.34. The number of hydrogen-bond donors (Lipinski definition) is 1. The molecule has 2 heterocycles. The van der Waals surface area contributed by atoms with Crippen molar-refractivity contribution >= 4 is 17.7 Å². The molecule has 150 valence electrons. The van der Waals surface area contributed by atoms with Crippen LogP contribution in [0.2, 0.25) is 0 Å². The number of ether oxygens (including phenoxy) is 1. The Morgan fingerprint density at radius 3 is 2.57 bits per heavy atom. The van der Waals surface area contributed by atoms with E-state index in [-0.39, 0.29) is 18.0 Å². The molecule has 1 N–H and O–H groups in total. The van der Waals surface area contributed by atoms with Crippen molar-refractivity contribution in [3.63, 3.8) is 0 Å². The van der Waals surface area contributed by atoms with Crippen LogP contribution in [-0.2, 0) is 9.53 Å². The lowest BCUT2D eigenvalue weighted by molar-refractivity contribution is -0.117. The molecule has 2 amide bonds. The van der Waals surface area contributed by atoms with Crippen LogP contribution in [0.1, 0.15) is 58.3 Å². The van der Waals surface area contributed by atoms with Crippen LogP contribution in [0.15, 0.2) is 30.7 Å². The zero-order valence-corrected chi connectivity index (χ0v) is 17.3. The summed E-state index contributed by atoms with van der Waals surface area (Å²) in [5, 5.41) is 2.98. The Morgan fingerprint density at radius 2 is 2.00 bits per heavy atom. The van der Waals surface area contributed by atoms with Gasteiger partial charge in [-0.25, -0.2) is 9.78 Å². The molecule has 3 rings (SSSR count). The molecular formula is C21H28N4O3. The van der Waals surface area contributed by atoms with Gasteiger partial charge in [0.2, 0.25) is 5.91 Å². The molecule has 1 aliphatic heterocycles. The molecule has 7 heteroatoms. The number of alkyl carbamates (subject to hydrolysis) is 1. The third kappa shape index (κ3) is 4.18. The number of anilines is 1. The summed E-state index contributed by atoms with van der Waals surface area (Å²) >= 11 is 0. The van der Waals surface area contributed by atoms with E-state index in [1.54, 1.807) is 18.2 Å². The van der Waals surface area contributed by atoms with Gasteiger partial charge in [0.05, 0.1) is 18.1 Å². The molecule has 0 radical (unpaired) electrons. The van der Waals surface area contributed by atoms with Crippen molar-refractivity contribution in [1.82, 2.24) is 14.9 Å². The normalized spacial score (nSPS) is 19.1. The Labute approximate surface area is 165 Å². The van der Waals surface area contributed by atoms with E-state index in [1.807, 2.05) is 63.6 Å². The Balaban J connectivity index is 2.00. The minimum Gasteiger partial charge on any atom is -0.444 e. The number of fused-ring (bicyclic) bond motifs is 1. The molecule has 2 atom stereocenters. The fraction of sp³-hybridized carbons (Fsp3) is 0.476. The average molecular weight is 384 g/mol. The molecule has 0 bridgehead atoms. The molecule has 2 aromatic rings. The Kier molecular flexibility index (Phi) is 5.19. The summed E-state index contributed by atoms with van der Waals surface area (Å²) in [6, 6.07) is 5.60. The summed E-state index contributed by atoms with van der Waals surface area (Å²) in [6.07, 6.45) is 3.84. The zero-order valence-electron chi connectivity index (χ0n) is 17.3. The number of imidazole rings is 1. The lowest BCUT2D eigenvalue weighted by Gasteiger charge is -2.39. The molecule has 0 saturated carbocycles. The quantitative estimate of drug-likeness (QED) is 0.852. The molecule has 1 aromatic heterocycles. The number of nitrogens with zero attached hydrogens (tertiary/aromatic N) is 3. The first kappa shape index (κ1) is 19.9. The Hall–Kier alpha value is -2.83. The van der Waals surface area contributed by atoms with Gasteiger partial charge in [-0.1, -0.05) is 0 Å². The molecule has 28 heavy (non-hydrogen) atoms. The smallest absolute Gasteiger partial charge is 0.408 e. The number of nitrogens with one attached hydrogen (secondary N) is 1. The molecule has 0 unspecified atom stereocenters. The van der Waals surface area contributed by atoms with Gasteiger partial charge in [0.15, 0.2) is 0 Å². The third-order valence-corrected chi connectivity index (χ3v) is 4.70. The minimum atomic E-state index is -0.575. The highest BCUT2D eigenvalue weighted by atomic mass is 16.6. The number of rotatable bonds is 2. The van der Waals surface area contributed by atoms with Gasteiger partial charge in [-0.2, -0.15) is 0 Å². The van der Waals surface area contributed by atoms with E-state index >= 15 is 0 Å². The van der Waals surface area contributed by atoms with Crippen molar-refractivity contribution in [2.75, 3.05) is 4.90 Å². The van der Waals surface area contributed by atoms with Gasteiger partial charge in [0, 0.05) is 36.1 Å². The van der Waals surface area contributed by atoms with Crippen LogP contribution in [0, 0.1) is 6.92 Å². The van der Waals surface area contributed by atoms with Crippen LogP contribution in [0.3, 0.4) is 0 Å². The largest absolute Gasteiger partial charge is 0.444 e. The summed E-state index contributed by atoms with van der Waals surface area (Å²) < 4.78 is 7.36. The van der Waals surface area contributed by atoms with E-state index in [2.05, 4.69) is 10.3 Å². The first-order valence-electron chi connectivity index (χ1n) is 9.49. The van der Waals surface area contributed by atoms with E-state index < -0.39 is 11.7 Å². The number of aromatic nitrogens is 2. The maximum Gasteiger partial charge on any atom is 0.408 e. The van der Waals surface area contributed by atoms with Gasteiger partial charge < -0.3 is 19.5 Å².